The van der Waals surface area contributed by atoms with E-state index in [4.69, 9.17) is 14.2 Å². The van der Waals surface area contributed by atoms with E-state index in [2.05, 4.69) is 20.9 Å². The molecule has 0 bridgehead atoms. The van der Waals surface area contributed by atoms with Gasteiger partial charge in [0.1, 0.15) is 23.1 Å². The smallest absolute Gasteiger partial charge is 0.306 e. The summed E-state index contributed by atoms with van der Waals surface area (Å²) < 4.78 is 16.1. The largest absolute Gasteiger partial charge is 0.481 e. The van der Waals surface area contributed by atoms with E-state index in [0.29, 0.717) is 75.4 Å². The molecule has 2 heterocycles. The Labute approximate surface area is 540 Å². The van der Waals surface area contributed by atoms with Crippen molar-refractivity contribution in [3.8, 4) is 0 Å². The van der Waals surface area contributed by atoms with Gasteiger partial charge in [-0.2, -0.15) is 11.8 Å². The fourth-order valence-corrected chi connectivity index (χ4v) is 12.2. The van der Waals surface area contributed by atoms with E-state index in [1.165, 1.54) is 18.7 Å². The Hall–Kier alpha value is -6.40. The molecule has 3 aromatic rings. The highest BCUT2D eigenvalue weighted by Gasteiger charge is 2.40. The maximum absolute atomic E-state index is 14.4. The Morgan fingerprint density at radius 3 is 2.18 bits per heavy atom. The van der Waals surface area contributed by atoms with E-state index in [9.17, 15) is 53.1 Å². The second-order valence-corrected chi connectivity index (χ2v) is 26.9. The number of anilines is 1. The number of Topliss-reactive ketones (excluding diaryl/α,β-unsaturated/α-hetero) is 2. The van der Waals surface area contributed by atoms with Crippen LogP contribution >= 0.6 is 23.1 Å². The Morgan fingerprint density at radius 2 is 1.58 bits per heavy atom. The summed E-state index contributed by atoms with van der Waals surface area (Å²) in [4.78, 5) is 141. The third-order valence-electron chi connectivity index (χ3n) is 17.3. The molecule has 498 valence electrons. The first kappa shape index (κ1) is 76.1. The van der Waals surface area contributed by atoms with Crippen LogP contribution in [-0.2, 0) is 76.6 Å². The number of esters is 1. The number of ketones is 2. The van der Waals surface area contributed by atoms with E-state index in [-0.39, 0.29) is 110 Å². The van der Waals surface area contributed by atoms with Gasteiger partial charge in [0.15, 0.2) is 11.9 Å². The number of hydrogen-bond donors (Lipinski definition) is 4. The number of aliphatic carboxylic acids is 1. The van der Waals surface area contributed by atoms with Crippen LogP contribution in [0.3, 0.4) is 0 Å². The second-order valence-electron chi connectivity index (χ2n) is 24.9. The zero-order valence-corrected chi connectivity index (χ0v) is 57.0. The summed E-state index contributed by atoms with van der Waals surface area (Å²) in [5, 5.41) is 20.3. The summed E-state index contributed by atoms with van der Waals surface area (Å²) >= 11 is 2.45. The normalized spacial score (nSPS) is 15.8. The number of rotatable bonds is 41. The van der Waals surface area contributed by atoms with E-state index >= 15 is 0 Å². The summed E-state index contributed by atoms with van der Waals surface area (Å²) in [6, 6.07) is 12.7. The highest BCUT2D eigenvalue weighted by Crippen LogP contribution is 2.34. The summed E-state index contributed by atoms with van der Waals surface area (Å²) in [5.74, 6) is -5.99. The van der Waals surface area contributed by atoms with Gasteiger partial charge in [-0.25, -0.2) is 4.98 Å². The Kier molecular flexibility index (Phi) is 31.4. The number of likely N-dealkylation sites (tertiary alicyclic amines) is 1. The molecule has 0 spiro atoms. The lowest BCUT2D eigenvalue weighted by atomic mass is 9.81. The van der Waals surface area contributed by atoms with Crippen LogP contribution in [-0.4, -0.2) is 174 Å². The number of ether oxygens (including phenoxy) is 3. The first-order valence-electron chi connectivity index (χ1n) is 31.3. The minimum Gasteiger partial charge on any atom is -0.481 e. The number of unbranched alkanes of at least 4 members (excludes halogenated alkanes) is 1. The van der Waals surface area contributed by atoms with Crippen LogP contribution < -0.4 is 16.0 Å². The van der Waals surface area contributed by atoms with Gasteiger partial charge in [0.2, 0.25) is 29.5 Å². The van der Waals surface area contributed by atoms with Crippen molar-refractivity contribution in [2.75, 3.05) is 72.7 Å². The maximum Gasteiger partial charge on any atom is 0.306 e. The zero-order valence-electron chi connectivity index (χ0n) is 55.4. The Balaban J connectivity index is 1.41. The van der Waals surface area contributed by atoms with Crippen LogP contribution in [0, 0.1) is 36.5 Å². The van der Waals surface area contributed by atoms with Crippen molar-refractivity contribution < 1.29 is 67.3 Å². The number of benzene rings is 2. The molecule has 4 N–H and O–H groups in total. The van der Waals surface area contributed by atoms with Gasteiger partial charge in [-0.15, -0.1) is 11.3 Å². The molecule has 2 aromatic carbocycles. The molecule has 1 fully saturated rings. The molecule has 1 aromatic heterocycles. The highest BCUT2D eigenvalue weighted by molar-refractivity contribution is 8.00. The summed E-state index contributed by atoms with van der Waals surface area (Å²) in [6.45, 7) is 17.3. The monoisotopic (exact) mass is 1290 g/mol. The van der Waals surface area contributed by atoms with Crippen LogP contribution in [0.5, 0.6) is 0 Å². The Morgan fingerprint density at radius 1 is 0.911 bits per heavy atom. The number of likely N-dealkylation sites (N-methyl/N-ethyl adjacent to an activating group) is 1. The van der Waals surface area contributed by atoms with Crippen LogP contribution in [0.4, 0.5) is 5.69 Å². The summed E-state index contributed by atoms with van der Waals surface area (Å²) in [6.07, 6.45) is 5.06. The highest BCUT2D eigenvalue weighted by atomic mass is 32.2. The molecule has 23 heteroatoms. The fraction of sp³-hybridized carbons (Fsp3) is 0.627. The minimum atomic E-state index is -1.00. The minimum absolute atomic E-state index is 0.0324. The average molecular weight is 1290 g/mol. The van der Waals surface area contributed by atoms with E-state index in [0.717, 1.165) is 38.5 Å². The van der Waals surface area contributed by atoms with Crippen molar-refractivity contribution in [2.24, 2.45) is 29.6 Å². The first-order chi connectivity index (χ1) is 42.5. The van der Waals surface area contributed by atoms with Crippen molar-refractivity contribution in [1.82, 2.24) is 30.3 Å². The van der Waals surface area contributed by atoms with Crippen LogP contribution in [0.25, 0.3) is 0 Å². The number of hydrogen-bond acceptors (Lipinski definition) is 17. The van der Waals surface area contributed by atoms with Crippen molar-refractivity contribution >= 4 is 87.7 Å². The molecule has 21 nitrogen and oxygen atoms in total. The predicted octanol–water partition coefficient (Wildman–Crippen LogP) is 8.47. The molecule has 6 amide bonds. The number of aryl methyl sites for hydroxylation is 3. The van der Waals surface area contributed by atoms with Gasteiger partial charge >= 0.3 is 11.9 Å². The lowest BCUT2D eigenvalue weighted by Crippen LogP contribution is -2.50. The van der Waals surface area contributed by atoms with Gasteiger partial charge in [0, 0.05) is 101 Å². The molecule has 1 saturated heterocycles. The number of imide groups is 1. The number of nitrogens with zero attached hydrogens (tertiary/aromatic N) is 4. The number of carbonyl (C=O) groups is 10. The number of carboxylic acids is 1. The lowest BCUT2D eigenvalue weighted by Gasteiger charge is -2.38. The van der Waals surface area contributed by atoms with Crippen molar-refractivity contribution in [1.29, 1.82) is 0 Å². The van der Waals surface area contributed by atoms with Gasteiger partial charge in [-0.1, -0.05) is 83.9 Å². The van der Waals surface area contributed by atoms with Crippen LogP contribution in [0.15, 0.2) is 47.8 Å². The number of thiazole rings is 1. The molecular formula is C67H99N7O14S2. The SMILES string of the molecule is CCC(C)[C@H](CC(=O)C(C)(C)N(C)C)C(=O)N(C)[C@H](C[C@@H](OC(C)=O)c1nc(C(=O)N[C@@H](Cc2ccc(CCc3ccc(NC(=O)C(CCCCNC(=O)COCCOC)CC(=O)CCN4C(=O)CC(SC)C4=O)c(C)c3)cc2)CC(C)C(=O)O)cs1)C(C)C. The maximum atomic E-state index is 14.4. The third-order valence-corrected chi connectivity index (χ3v) is 19.2. The first-order valence-corrected chi connectivity index (χ1v) is 33.5. The van der Waals surface area contributed by atoms with E-state index in [1.807, 2.05) is 110 Å². The number of nitrogens with one attached hydrogen (secondary N) is 3. The Bertz CT molecular complexity index is 2910. The summed E-state index contributed by atoms with van der Waals surface area (Å²) in [5.41, 5.74) is 3.66. The van der Waals surface area contributed by atoms with Gasteiger partial charge < -0.3 is 40.2 Å². The van der Waals surface area contributed by atoms with Gasteiger partial charge in [-0.3, -0.25) is 57.7 Å². The number of aromatic nitrogens is 1. The molecule has 8 atom stereocenters. The van der Waals surface area contributed by atoms with E-state index in [1.54, 1.807) is 37.6 Å². The number of amides is 6. The average Bonchev–Trinajstić information content (AvgIpc) is 1.66. The lowest BCUT2D eigenvalue weighted by molar-refractivity contribution is -0.150. The van der Waals surface area contributed by atoms with Gasteiger partial charge in [0.05, 0.1) is 29.9 Å². The van der Waals surface area contributed by atoms with Gasteiger partial charge in [0.25, 0.3) is 5.91 Å². The topological polar surface area (TPSA) is 277 Å². The standard InChI is InChI=1S/C67H99N7O14S2/c1-15-42(4)52(36-58(77)67(8,9)72(10)11)64(82)73(12)55(41(2)3)37-56(88-45(7)75)63-71-54(40-90-63)62(81)69-50(33-44(6)66(84)85)34-48-23-20-46(21-24-48)19-22-47-25-26-53(43(5)32-47)70-61(80)49(18-16-17-28-68-59(78)39-87-31-30-86-13)35-51(76)27-29-74-60(79)38-57(89-14)65(74)83/h20-21,23-26,32,40-42,44,49-50,52,55-57H,15-19,22,27-31,33-39H2,1-14H3,(H,68,78)(H,69,81)(H,70,80)(H,84,85)/t42?,44?,49?,50-,52+,55-,56-,57?/m1/s1. The molecule has 1 aliphatic heterocycles. The zero-order chi connectivity index (χ0) is 67.0. The fourth-order valence-electron chi connectivity index (χ4n) is 10.7. The van der Waals surface area contributed by atoms with Crippen molar-refractivity contribution in [3.63, 3.8) is 0 Å². The van der Waals surface area contributed by atoms with Crippen LogP contribution in [0.1, 0.15) is 163 Å². The molecule has 4 rings (SSSR count). The molecule has 0 radical (unpaired) electrons. The number of carboxylic acid groups (broad SMARTS) is 1. The molecule has 0 saturated carbocycles. The number of carbonyl (C=O) groups excluding carboxylic acids is 9. The molecule has 90 heavy (non-hydrogen) atoms. The van der Waals surface area contributed by atoms with Gasteiger partial charge in [-0.05, 0) is 120 Å². The molecule has 4 unspecified atom stereocenters. The molecule has 0 aliphatic carbocycles. The van der Waals surface area contributed by atoms with Crippen molar-refractivity contribution in [2.45, 2.75) is 175 Å². The molecular weight excluding hydrogens is 1190 g/mol. The quantitative estimate of drug-likeness (QED) is 0.0235. The van der Waals surface area contributed by atoms with Crippen LogP contribution in [0.2, 0.25) is 0 Å². The number of thioether (sulfide) groups is 1. The second kappa shape index (κ2) is 37.2. The predicted molar refractivity (Wildman–Crippen MR) is 349 cm³/mol. The van der Waals surface area contributed by atoms with Crippen molar-refractivity contribution in [3.05, 3.63) is 80.8 Å². The number of methoxy groups -OCH3 is 1. The van der Waals surface area contributed by atoms with E-state index < -0.39 is 64.6 Å². The summed E-state index contributed by atoms with van der Waals surface area (Å²) in [7, 11) is 6.94. The third kappa shape index (κ3) is 23.7. The molecule has 1 aliphatic rings.